The summed E-state index contributed by atoms with van der Waals surface area (Å²) in [7, 11) is 0. The van der Waals surface area contributed by atoms with Crippen LogP contribution in [-0.4, -0.2) is 6.29 Å². The lowest BCUT2D eigenvalue weighted by atomic mass is 10.1. The van der Waals surface area contributed by atoms with Crippen molar-refractivity contribution in [1.82, 2.24) is 0 Å². The van der Waals surface area contributed by atoms with Crippen molar-refractivity contribution in [2.24, 2.45) is 0 Å². The first-order valence-electron chi connectivity index (χ1n) is 5.80. The highest BCUT2D eigenvalue weighted by Gasteiger charge is 2.14. The van der Waals surface area contributed by atoms with E-state index in [1.54, 1.807) is 6.07 Å². The van der Waals surface area contributed by atoms with E-state index in [1.807, 2.05) is 0 Å². The number of halogens is 3. The molecule has 0 atom stereocenters. The van der Waals surface area contributed by atoms with Crippen molar-refractivity contribution in [2.75, 3.05) is 0 Å². The summed E-state index contributed by atoms with van der Waals surface area (Å²) in [5.74, 6) is -3.50. The number of nitriles is 1. The Morgan fingerprint density at radius 1 is 1.10 bits per heavy atom. The summed E-state index contributed by atoms with van der Waals surface area (Å²) in [5.41, 5.74) is 0.0121. The Kier molecular flexibility index (Phi) is 4.24. The number of carbonyl (C=O) groups is 1. The first-order chi connectivity index (χ1) is 10.0. The number of rotatable bonds is 4. The second kappa shape index (κ2) is 6.09. The van der Waals surface area contributed by atoms with Crippen molar-refractivity contribution in [1.29, 1.82) is 5.26 Å². The predicted molar refractivity (Wildman–Crippen MR) is 67.2 cm³/mol. The molecule has 3 nitrogen and oxygen atoms in total. The van der Waals surface area contributed by atoms with E-state index >= 15 is 0 Å². The number of nitrogens with zero attached hydrogens (tertiary/aromatic N) is 1. The first-order valence-corrected chi connectivity index (χ1v) is 5.80. The molecule has 0 spiro atoms. The van der Waals surface area contributed by atoms with Gasteiger partial charge in [-0.1, -0.05) is 6.07 Å². The maximum absolute atomic E-state index is 13.6. The van der Waals surface area contributed by atoms with Gasteiger partial charge in [-0.25, -0.2) is 13.2 Å². The standard InChI is InChI=1S/C15H8F3NO2/c16-12-3-9(6-19)1-2-11(12)8-21-15-13(17)4-10(7-20)5-14(15)18/h1-5,7H,8H2. The van der Waals surface area contributed by atoms with E-state index < -0.39 is 29.8 Å². The van der Waals surface area contributed by atoms with E-state index in [9.17, 15) is 18.0 Å². The zero-order valence-corrected chi connectivity index (χ0v) is 10.6. The Bertz CT molecular complexity index is 715. The van der Waals surface area contributed by atoms with Crippen molar-refractivity contribution in [3.63, 3.8) is 0 Å². The average Bonchev–Trinajstić information content (AvgIpc) is 2.47. The molecule has 0 radical (unpaired) electrons. The first kappa shape index (κ1) is 14.6. The van der Waals surface area contributed by atoms with Crippen LogP contribution in [0.25, 0.3) is 0 Å². The summed E-state index contributed by atoms with van der Waals surface area (Å²) in [4.78, 5) is 10.5. The summed E-state index contributed by atoms with van der Waals surface area (Å²) in [6.45, 7) is -0.411. The minimum Gasteiger partial charge on any atom is -0.483 e. The number of aldehydes is 1. The van der Waals surface area contributed by atoms with Gasteiger partial charge in [0.15, 0.2) is 17.4 Å². The van der Waals surface area contributed by atoms with Crippen molar-refractivity contribution >= 4 is 6.29 Å². The van der Waals surface area contributed by atoms with Gasteiger partial charge in [0, 0.05) is 11.1 Å². The van der Waals surface area contributed by atoms with E-state index in [4.69, 9.17) is 10.00 Å². The SMILES string of the molecule is N#Cc1ccc(COc2c(F)cc(C=O)cc2F)c(F)c1. The Hall–Kier alpha value is -2.81. The topological polar surface area (TPSA) is 50.1 Å². The molecule has 0 bridgehead atoms. The molecule has 2 aromatic carbocycles. The molecule has 2 aromatic rings. The van der Waals surface area contributed by atoms with Crippen LogP contribution in [0.15, 0.2) is 30.3 Å². The van der Waals surface area contributed by atoms with Crippen LogP contribution in [0.4, 0.5) is 13.2 Å². The highest BCUT2D eigenvalue weighted by atomic mass is 19.1. The zero-order chi connectivity index (χ0) is 15.4. The molecule has 0 amide bonds. The Morgan fingerprint density at radius 3 is 2.29 bits per heavy atom. The van der Waals surface area contributed by atoms with Crippen LogP contribution in [0.1, 0.15) is 21.5 Å². The second-order valence-corrected chi connectivity index (χ2v) is 4.14. The van der Waals surface area contributed by atoms with Crippen LogP contribution < -0.4 is 4.74 Å². The molecule has 0 N–H and O–H groups in total. The zero-order valence-electron chi connectivity index (χ0n) is 10.6. The highest BCUT2D eigenvalue weighted by molar-refractivity contribution is 5.75. The third-order valence-corrected chi connectivity index (χ3v) is 2.71. The van der Waals surface area contributed by atoms with E-state index in [2.05, 4.69) is 0 Å². The van der Waals surface area contributed by atoms with Gasteiger partial charge >= 0.3 is 0 Å². The molecule has 0 fully saturated rings. The molecule has 0 aliphatic heterocycles. The summed E-state index contributed by atoms with van der Waals surface area (Å²) in [6.07, 6.45) is 0.302. The fourth-order valence-corrected chi connectivity index (χ4v) is 1.67. The van der Waals surface area contributed by atoms with E-state index in [0.717, 1.165) is 18.2 Å². The number of hydrogen-bond acceptors (Lipinski definition) is 3. The third kappa shape index (κ3) is 3.20. The van der Waals surface area contributed by atoms with Crippen molar-refractivity contribution in [3.05, 3.63) is 64.5 Å². The molecule has 0 heterocycles. The van der Waals surface area contributed by atoms with Gasteiger partial charge in [-0.15, -0.1) is 0 Å². The van der Waals surface area contributed by atoms with Gasteiger partial charge in [0.25, 0.3) is 0 Å². The lowest BCUT2D eigenvalue weighted by molar-refractivity contribution is 0.112. The fourth-order valence-electron chi connectivity index (χ4n) is 1.67. The lowest BCUT2D eigenvalue weighted by Gasteiger charge is -2.09. The van der Waals surface area contributed by atoms with Crippen molar-refractivity contribution in [2.45, 2.75) is 6.61 Å². The van der Waals surface area contributed by atoms with Crippen LogP contribution in [0.2, 0.25) is 0 Å². The van der Waals surface area contributed by atoms with Gasteiger partial charge in [-0.3, -0.25) is 4.79 Å². The largest absolute Gasteiger partial charge is 0.483 e. The van der Waals surface area contributed by atoms with Crippen LogP contribution in [0.3, 0.4) is 0 Å². The summed E-state index contributed by atoms with van der Waals surface area (Å²) < 4.78 is 45.6. The van der Waals surface area contributed by atoms with E-state index in [-0.39, 0.29) is 16.7 Å². The van der Waals surface area contributed by atoms with Crippen LogP contribution in [0, 0.1) is 28.8 Å². The van der Waals surface area contributed by atoms with E-state index in [1.165, 1.54) is 12.1 Å². The second-order valence-electron chi connectivity index (χ2n) is 4.14. The van der Waals surface area contributed by atoms with Gasteiger partial charge in [-0.05, 0) is 24.3 Å². The molecule has 21 heavy (non-hydrogen) atoms. The van der Waals surface area contributed by atoms with Gasteiger partial charge in [-0.2, -0.15) is 5.26 Å². The Labute approximate surface area is 118 Å². The number of benzene rings is 2. The molecule has 6 heteroatoms. The third-order valence-electron chi connectivity index (χ3n) is 2.71. The monoisotopic (exact) mass is 291 g/mol. The number of hydrogen-bond donors (Lipinski definition) is 0. The summed E-state index contributed by atoms with van der Waals surface area (Å²) in [6, 6.07) is 7.07. The van der Waals surface area contributed by atoms with Gasteiger partial charge < -0.3 is 4.74 Å². The Balaban J connectivity index is 2.21. The fraction of sp³-hybridized carbons (Fsp3) is 0.0667. The summed E-state index contributed by atoms with van der Waals surface area (Å²) in [5, 5.41) is 8.61. The maximum atomic E-state index is 13.6. The highest BCUT2D eigenvalue weighted by Crippen LogP contribution is 2.24. The Morgan fingerprint density at radius 2 is 1.76 bits per heavy atom. The van der Waals surface area contributed by atoms with E-state index in [0.29, 0.717) is 6.29 Å². The molecule has 106 valence electrons. The molecule has 0 saturated heterocycles. The molecular weight excluding hydrogens is 283 g/mol. The van der Waals surface area contributed by atoms with Crippen LogP contribution in [0.5, 0.6) is 5.75 Å². The average molecular weight is 291 g/mol. The van der Waals surface area contributed by atoms with Gasteiger partial charge in [0.05, 0.1) is 11.6 Å². The molecule has 0 aliphatic carbocycles. The minimum atomic E-state index is -1.05. The van der Waals surface area contributed by atoms with Gasteiger partial charge in [0.2, 0.25) is 0 Å². The number of carbonyl (C=O) groups excluding carboxylic acids is 1. The lowest BCUT2D eigenvalue weighted by Crippen LogP contribution is -2.03. The van der Waals surface area contributed by atoms with Crippen LogP contribution >= 0.6 is 0 Å². The molecule has 0 aliphatic rings. The van der Waals surface area contributed by atoms with Crippen molar-refractivity contribution in [3.8, 4) is 11.8 Å². The quantitative estimate of drug-likeness (QED) is 0.811. The van der Waals surface area contributed by atoms with Crippen LogP contribution in [-0.2, 0) is 6.61 Å². The normalized spacial score (nSPS) is 10.0. The maximum Gasteiger partial charge on any atom is 0.191 e. The minimum absolute atomic E-state index is 0.0484. The molecule has 2 rings (SSSR count). The number of ether oxygens (including phenoxy) is 1. The molecule has 0 saturated carbocycles. The molecule has 0 unspecified atom stereocenters. The predicted octanol–water partition coefficient (Wildman–Crippen LogP) is 3.37. The van der Waals surface area contributed by atoms with Gasteiger partial charge in [0.1, 0.15) is 18.7 Å². The van der Waals surface area contributed by atoms with Crippen molar-refractivity contribution < 1.29 is 22.7 Å². The molecular formula is C15H8F3NO2. The summed E-state index contributed by atoms with van der Waals surface area (Å²) >= 11 is 0. The molecule has 0 aromatic heterocycles. The smallest absolute Gasteiger partial charge is 0.191 e.